The van der Waals surface area contributed by atoms with Crippen molar-refractivity contribution in [1.29, 1.82) is 0 Å². The first-order chi connectivity index (χ1) is 14.1. The van der Waals surface area contributed by atoms with Crippen molar-refractivity contribution in [3.05, 3.63) is 65.3 Å². The SMILES string of the molecule is C=C1N(Cc2nc3cc(Cl)ccc3n2N)c2cnccc2C12CCC2.CC.CC. The minimum absolute atomic E-state index is 0.0764. The Hall–Kier alpha value is -2.53. The highest BCUT2D eigenvalue weighted by atomic mass is 35.5. The first kappa shape index (κ1) is 21.2. The summed E-state index contributed by atoms with van der Waals surface area (Å²) in [6.07, 6.45) is 7.33. The topological polar surface area (TPSA) is 60.0 Å². The number of pyridine rings is 1. The zero-order chi connectivity index (χ0) is 21.2. The van der Waals surface area contributed by atoms with Crippen molar-refractivity contribution in [2.75, 3.05) is 10.7 Å². The third kappa shape index (κ3) is 3.27. The zero-order valence-electron chi connectivity index (χ0n) is 17.7. The molecule has 1 aliphatic heterocycles. The monoisotopic (exact) mass is 411 g/mol. The van der Waals surface area contributed by atoms with Gasteiger partial charge in [0.15, 0.2) is 0 Å². The average Bonchev–Trinajstić information content (AvgIpc) is 3.16. The summed E-state index contributed by atoms with van der Waals surface area (Å²) in [4.78, 5) is 11.2. The Morgan fingerprint density at radius 1 is 1.17 bits per heavy atom. The van der Waals surface area contributed by atoms with Crippen molar-refractivity contribution < 1.29 is 0 Å². The maximum atomic E-state index is 6.29. The Kier molecular flexibility index (Phi) is 6.18. The van der Waals surface area contributed by atoms with E-state index < -0.39 is 0 Å². The summed E-state index contributed by atoms with van der Waals surface area (Å²) in [5.41, 5.74) is 5.34. The van der Waals surface area contributed by atoms with Gasteiger partial charge < -0.3 is 10.7 Å². The molecule has 5 nitrogen and oxygen atoms in total. The lowest BCUT2D eigenvalue weighted by molar-refractivity contribution is 0.301. The van der Waals surface area contributed by atoms with Crippen LogP contribution in [0.15, 0.2) is 48.9 Å². The summed E-state index contributed by atoms with van der Waals surface area (Å²) < 4.78 is 1.64. The molecule has 1 aromatic carbocycles. The molecule has 0 amide bonds. The van der Waals surface area contributed by atoms with E-state index in [9.17, 15) is 0 Å². The number of rotatable bonds is 2. The summed E-state index contributed by atoms with van der Waals surface area (Å²) in [6.45, 7) is 13.0. The third-order valence-corrected chi connectivity index (χ3v) is 5.95. The Bertz CT molecular complexity index is 1020. The van der Waals surface area contributed by atoms with Gasteiger partial charge in [-0.15, -0.1) is 0 Å². The molecule has 154 valence electrons. The van der Waals surface area contributed by atoms with Crippen LogP contribution in [-0.4, -0.2) is 14.6 Å². The first-order valence-electron chi connectivity index (χ1n) is 10.4. The molecular weight excluding hydrogens is 382 g/mol. The van der Waals surface area contributed by atoms with Crippen molar-refractivity contribution in [3.8, 4) is 0 Å². The van der Waals surface area contributed by atoms with Crippen LogP contribution in [0.3, 0.4) is 0 Å². The lowest BCUT2D eigenvalue weighted by Gasteiger charge is -2.40. The Morgan fingerprint density at radius 3 is 2.55 bits per heavy atom. The van der Waals surface area contributed by atoms with Crippen molar-refractivity contribution in [1.82, 2.24) is 14.6 Å². The Labute approximate surface area is 178 Å². The smallest absolute Gasteiger partial charge is 0.148 e. The van der Waals surface area contributed by atoms with Crippen LogP contribution in [-0.2, 0) is 12.0 Å². The van der Waals surface area contributed by atoms with E-state index >= 15 is 0 Å². The number of nitrogen functional groups attached to an aromatic ring is 1. The summed E-state index contributed by atoms with van der Waals surface area (Å²) in [5.74, 6) is 7.07. The second-order valence-corrected chi connectivity index (χ2v) is 7.33. The first-order valence-corrected chi connectivity index (χ1v) is 10.8. The van der Waals surface area contributed by atoms with E-state index in [1.165, 1.54) is 12.0 Å². The van der Waals surface area contributed by atoms with E-state index in [4.69, 9.17) is 17.4 Å². The van der Waals surface area contributed by atoms with Crippen molar-refractivity contribution in [3.63, 3.8) is 0 Å². The van der Waals surface area contributed by atoms with Crippen LogP contribution in [0.5, 0.6) is 0 Å². The number of fused-ring (bicyclic) bond motifs is 3. The van der Waals surface area contributed by atoms with Gasteiger partial charge in [-0.3, -0.25) is 4.98 Å². The molecule has 3 aromatic rings. The number of halogens is 1. The van der Waals surface area contributed by atoms with Gasteiger partial charge in [-0.05, 0) is 42.7 Å². The van der Waals surface area contributed by atoms with Crippen LogP contribution >= 0.6 is 11.6 Å². The molecule has 1 saturated carbocycles. The highest BCUT2D eigenvalue weighted by Gasteiger charge is 2.50. The quantitative estimate of drug-likeness (QED) is 0.541. The Balaban J connectivity index is 0.000000568. The van der Waals surface area contributed by atoms with E-state index in [-0.39, 0.29) is 5.41 Å². The molecule has 0 unspecified atom stereocenters. The molecule has 1 aliphatic carbocycles. The maximum Gasteiger partial charge on any atom is 0.148 e. The highest BCUT2D eigenvalue weighted by molar-refractivity contribution is 6.31. The largest absolute Gasteiger partial charge is 0.337 e. The number of benzene rings is 1. The van der Waals surface area contributed by atoms with Crippen LogP contribution < -0.4 is 10.7 Å². The molecular formula is C23H30ClN5. The van der Waals surface area contributed by atoms with Gasteiger partial charge >= 0.3 is 0 Å². The van der Waals surface area contributed by atoms with E-state index in [0.29, 0.717) is 11.6 Å². The molecule has 2 aliphatic rings. The molecule has 2 aromatic heterocycles. The lowest BCUT2D eigenvalue weighted by Crippen LogP contribution is -2.37. The maximum absolute atomic E-state index is 6.29. The second-order valence-electron chi connectivity index (χ2n) is 6.89. The van der Waals surface area contributed by atoms with E-state index in [0.717, 1.165) is 41.1 Å². The number of imidazole rings is 1. The third-order valence-electron chi connectivity index (χ3n) is 5.72. The van der Waals surface area contributed by atoms with Gasteiger partial charge in [-0.2, -0.15) is 0 Å². The van der Waals surface area contributed by atoms with Crippen LogP contribution in [0.1, 0.15) is 58.3 Å². The highest BCUT2D eigenvalue weighted by Crippen LogP contribution is 2.57. The lowest BCUT2D eigenvalue weighted by atomic mass is 9.64. The van der Waals surface area contributed by atoms with E-state index in [2.05, 4.69) is 27.5 Å². The number of aromatic nitrogens is 3. The van der Waals surface area contributed by atoms with Crippen LogP contribution in [0.2, 0.25) is 5.02 Å². The van der Waals surface area contributed by atoms with E-state index in [1.807, 2.05) is 58.3 Å². The fourth-order valence-corrected chi connectivity index (χ4v) is 4.38. The zero-order valence-corrected chi connectivity index (χ0v) is 18.5. The summed E-state index contributed by atoms with van der Waals surface area (Å²) in [7, 11) is 0. The van der Waals surface area contributed by atoms with Crippen LogP contribution in [0, 0.1) is 0 Å². The predicted octanol–water partition coefficient (Wildman–Crippen LogP) is 5.81. The van der Waals surface area contributed by atoms with Crippen LogP contribution in [0.4, 0.5) is 5.69 Å². The minimum atomic E-state index is 0.0764. The molecule has 0 saturated heterocycles. The number of allylic oxidation sites excluding steroid dienone is 1. The molecule has 1 spiro atoms. The van der Waals surface area contributed by atoms with Gasteiger partial charge in [0.1, 0.15) is 5.82 Å². The molecule has 0 atom stereocenters. The number of nitrogens with zero attached hydrogens (tertiary/aromatic N) is 4. The standard InChI is InChI=1S/C19H18ClN5.2C2H6/c1-12-19(6-2-7-19)14-5-8-22-10-17(14)24(12)11-18-23-15-9-13(20)3-4-16(15)25(18)21;2*1-2/h3-5,8-10H,1-2,6-7,11,21H2;2*1-2H3. The fourth-order valence-electron chi connectivity index (χ4n) is 4.21. The molecule has 2 N–H and O–H groups in total. The minimum Gasteiger partial charge on any atom is -0.337 e. The Morgan fingerprint density at radius 2 is 1.90 bits per heavy atom. The van der Waals surface area contributed by atoms with Gasteiger partial charge in [0.2, 0.25) is 0 Å². The van der Waals surface area contributed by atoms with Gasteiger partial charge in [-0.25, -0.2) is 9.66 Å². The molecule has 0 radical (unpaired) electrons. The van der Waals surface area contributed by atoms with Crippen LogP contribution in [0.25, 0.3) is 11.0 Å². The number of hydrogen-bond donors (Lipinski definition) is 1. The number of nitrogens with two attached hydrogens (primary N) is 1. The van der Waals surface area contributed by atoms with Gasteiger partial charge in [0.25, 0.3) is 0 Å². The number of hydrogen-bond acceptors (Lipinski definition) is 4. The van der Waals surface area contributed by atoms with E-state index in [1.54, 1.807) is 4.68 Å². The van der Waals surface area contributed by atoms with Gasteiger partial charge in [-0.1, -0.05) is 52.3 Å². The molecule has 1 fully saturated rings. The molecule has 0 bridgehead atoms. The van der Waals surface area contributed by atoms with Gasteiger partial charge in [0, 0.05) is 22.3 Å². The second kappa shape index (κ2) is 8.46. The molecule has 29 heavy (non-hydrogen) atoms. The van der Waals surface area contributed by atoms with Crippen molar-refractivity contribution in [2.24, 2.45) is 0 Å². The average molecular weight is 412 g/mol. The summed E-state index contributed by atoms with van der Waals surface area (Å²) in [6, 6.07) is 7.70. The summed E-state index contributed by atoms with van der Waals surface area (Å²) >= 11 is 6.08. The predicted molar refractivity (Wildman–Crippen MR) is 123 cm³/mol. The molecule has 5 rings (SSSR count). The van der Waals surface area contributed by atoms with Crippen molar-refractivity contribution in [2.45, 2.75) is 58.9 Å². The van der Waals surface area contributed by atoms with Gasteiger partial charge in [0.05, 0.1) is 29.5 Å². The number of anilines is 1. The summed E-state index contributed by atoms with van der Waals surface area (Å²) in [5, 5.41) is 0.658. The van der Waals surface area contributed by atoms with Crippen molar-refractivity contribution >= 4 is 28.3 Å². The normalized spacial score (nSPS) is 15.9. The molecule has 3 heterocycles. The molecule has 6 heteroatoms. The fraction of sp³-hybridized carbons (Fsp3) is 0.391.